The fourth-order valence-corrected chi connectivity index (χ4v) is 3.70. The largest absolute Gasteiger partial charge is 0.494 e. The zero-order chi connectivity index (χ0) is 24.1. The highest BCUT2D eigenvalue weighted by atomic mass is 79.9. The predicted molar refractivity (Wildman–Crippen MR) is 128 cm³/mol. The van der Waals surface area contributed by atoms with Crippen molar-refractivity contribution in [2.24, 2.45) is 0 Å². The minimum atomic E-state index is -0.816. The van der Waals surface area contributed by atoms with Crippen LogP contribution in [-0.4, -0.2) is 37.7 Å². The lowest BCUT2D eigenvalue weighted by Crippen LogP contribution is -2.54. The molecule has 0 aliphatic carbocycles. The smallest absolute Gasteiger partial charge is 0.335 e. The molecule has 8 nitrogen and oxygen atoms in total. The first kappa shape index (κ1) is 24.3. The number of nitrogens with zero attached hydrogens (tertiary/aromatic N) is 1. The molecule has 1 saturated heterocycles. The number of methoxy groups -OCH3 is 1. The van der Waals surface area contributed by atoms with Gasteiger partial charge >= 0.3 is 6.03 Å². The van der Waals surface area contributed by atoms with Crippen molar-refractivity contribution in [1.82, 2.24) is 5.32 Å². The Bertz CT molecular complexity index is 1090. The van der Waals surface area contributed by atoms with Crippen molar-refractivity contribution in [2.75, 3.05) is 18.6 Å². The number of carbonyl (C=O) groups is 3. The number of amides is 4. The van der Waals surface area contributed by atoms with E-state index in [1.54, 1.807) is 36.4 Å². The summed E-state index contributed by atoms with van der Waals surface area (Å²) in [6.45, 7) is 6.33. The lowest BCUT2D eigenvalue weighted by atomic mass is 10.1. The SMILES string of the molecule is CCCOc1ccc(N2C(=O)NC(=O)/C(=C/c3cc(Br)c(OC(C)C)c(OC)c3)C2=O)cc1. The Hall–Kier alpha value is -3.33. The summed E-state index contributed by atoms with van der Waals surface area (Å²) in [5, 5.41) is 2.22. The molecule has 0 spiro atoms. The minimum absolute atomic E-state index is 0.0802. The first-order valence-corrected chi connectivity index (χ1v) is 11.2. The Morgan fingerprint density at radius 3 is 2.42 bits per heavy atom. The number of hydrogen-bond acceptors (Lipinski definition) is 6. The summed E-state index contributed by atoms with van der Waals surface area (Å²) in [4.78, 5) is 39.0. The average Bonchev–Trinajstić information content (AvgIpc) is 2.77. The molecule has 0 bridgehead atoms. The highest BCUT2D eigenvalue weighted by Gasteiger charge is 2.37. The maximum absolute atomic E-state index is 13.1. The molecule has 0 aromatic heterocycles. The molecule has 2 aromatic rings. The first-order chi connectivity index (χ1) is 15.7. The summed E-state index contributed by atoms with van der Waals surface area (Å²) in [5.41, 5.74) is 0.650. The fourth-order valence-electron chi connectivity index (χ4n) is 3.14. The number of barbiturate groups is 1. The molecule has 1 fully saturated rings. The minimum Gasteiger partial charge on any atom is -0.494 e. The van der Waals surface area contributed by atoms with E-state index in [1.165, 1.54) is 13.2 Å². The van der Waals surface area contributed by atoms with E-state index in [0.29, 0.717) is 39.6 Å². The Labute approximate surface area is 200 Å². The monoisotopic (exact) mass is 516 g/mol. The molecule has 1 aliphatic rings. The third-order valence-corrected chi connectivity index (χ3v) is 5.17. The number of carbonyl (C=O) groups excluding carboxylic acids is 3. The van der Waals surface area contributed by atoms with Gasteiger partial charge in [0.25, 0.3) is 11.8 Å². The summed E-state index contributed by atoms with van der Waals surface area (Å²) in [6, 6.07) is 9.05. The van der Waals surface area contributed by atoms with E-state index >= 15 is 0 Å². The van der Waals surface area contributed by atoms with Gasteiger partial charge in [0.2, 0.25) is 0 Å². The molecular formula is C24H25BrN2O6. The van der Waals surface area contributed by atoms with Crippen LogP contribution in [0.25, 0.3) is 6.08 Å². The maximum atomic E-state index is 13.1. The summed E-state index contributed by atoms with van der Waals surface area (Å²) < 4.78 is 17.3. The van der Waals surface area contributed by atoms with Gasteiger partial charge in [-0.2, -0.15) is 0 Å². The Morgan fingerprint density at radius 2 is 1.82 bits per heavy atom. The van der Waals surface area contributed by atoms with Crippen molar-refractivity contribution in [3.05, 3.63) is 52.0 Å². The van der Waals surface area contributed by atoms with Gasteiger partial charge in [-0.3, -0.25) is 14.9 Å². The molecule has 4 amide bonds. The number of hydrogen-bond donors (Lipinski definition) is 1. The molecule has 9 heteroatoms. The number of halogens is 1. The lowest BCUT2D eigenvalue weighted by molar-refractivity contribution is -0.122. The Balaban J connectivity index is 1.94. The summed E-state index contributed by atoms with van der Waals surface area (Å²) >= 11 is 3.45. The predicted octanol–water partition coefficient (Wildman–Crippen LogP) is 4.70. The second-order valence-corrected chi connectivity index (χ2v) is 8.36. The molecule has 0 atom stereocenters. The quantitative estimate of drug-likeness (QED) is 0.403. The summed E-state index contributed by atoms with van der Waals surface area (Å²) in [6.07, 6.45) is 2.18. The van der Waals surface area contributed by atoms with Gasteiger partial charge in [0.1, 0.15) is 11.3 Å². The van der Waals surface area contributed by atoms with E-state index in [9.17, 15) is 14.4 Å². The van der Waals surface area contributed by atoms with Gasteiger partial charge in [-0.05, 0) is 84.2 Å². The van der Waals surface area contributed by atoms with Crippen LogP contribution in [-0.2, 0) is 9.59 Å². The number of rotatable bonds is 8. The van der Waals surface area contributed by atoms with Gasteiger partial charge in [-0.15, -0.1) is 0 Å². The molecule has 0 unspecified atom stereocenters. The van der Waals surface area contributed by atoms with Crippen LogP contribution >= 0.6 is 15.9 Å². The molecule has 3 rings (SSSR count). The fraction of sp³-hybridized carbons (Fsp3) is 0.292. The zero-order valence-electron chi connectivity index (χ0n) is 18.8. The Kier molecular flexibility index (Phi) is 7.75. The average molecular weight is 517 g/mol. The van der Waals surface area contributed by atoms with Crippen LogP contribution in [0.5, 0.6) is 17.2 Å². The second-order valence-electron chi connectivity index (χ2n) is 7.50. The van der Waals surface area contributed by atoms with Gasteiger partial charge in [0.05, 0.1) is 30.0 Å². The van der Waals surface area contributed by atoms with E-state index < -0.39 is 17.8 Å². The van der Waals surface area contributed by atoms with Crippen molar-refractivity contribution in [3.63, 3.8) is 0 Å². The normalized spacial score (nSPS) is 15.2. The summed E-state index contributed by atoms with van der Waals surface area (Å²) in [5.74, 6) is 0.0590. The first-order valence-electron chi connectivity index (χ1n) is 10.4. The third kappa shape index (κ3) is 5.54. The highest BCUT2D eigenvalue weighted by molar-refractivity contribution is 9.10. The van der Waals surface area contributed by atoms with Gasteiger partial charge in [0, 0.05) is 0 Å². The van der Waals surface area contributed by atoms with Gasteiger partial charge < -0.3 is 14.2 Å². The van der Waals surface area contributed by atoms with E-state index in [2.05, 4.69) is 21.2 Å². The van der Waals surface area contributed by atoms with Crippen LogP contribution < -0.4 is 24.4 Å². The van der Waals surface area contributed by atoms with Gasteiger partial charge in [0.15, 0.2) is 11.5 Å². The van der Waals surface area contributed by atoms with Crippen LogP contribution in [0.2, 0.25) is 0 Å². The molecule has 174 valence electrons. The number of ether oxygens (including phenoxy) is 3. The molecule has 0 radical (unpaired) electrons. The van der Waals surface area contributed by atoms with E-state index in [0.717, 1.165) is 11.3 Å². The second kappa shape index (κ2) is 10.5. The number of imide groups is 2. The molecule has 1 aliphatic heterocycles. The van der Waals surface area contributed by atoms with Crippen molar-refractivity contribution in [3.8, 4) is 17.2 Å². The molecule has 0 saturated carbocycles. The number of anilines is 1. The summed E-state index contributed by atoms with van der Waals surface area (Å²) in [7, 11) is 1.50. The van der Waals surface area contributed by atoms with E-state index in [-0.39, 0.29) is 11.7 Å². The highest BCUT2D eigenvalue weighted by Crippen LogP contribution is 2.38. The van der Waals surface area contributed by atoms with Crippen LogP contribution in [0.4, 0.5) is 10.5 Å². The van der Waals surface area contributed by atoms with Crippen LogP contribution in [0.15, 0.2) is 46.4 Å². The van der Waals surface area contributed by atoms with Crippen molar-refractivity contribution in [1.29, 1.82) is 0 Å². The molecule has 1 N–H and O–H groups in total. The molecular weight excluding hydrogens is 492 g/mol. The number of nitrogens with one attached hydrogen (secondary N) is 1. The molecule has 1 heterocycles. The topological polar surface area (TPSA) is 94.2 Å². The van der Waals surface area contributed by atoms with Crippen molar-refractivity contribution in [2.45, 2.75) is 33.3 Å². The molecule has 2 aromatic carbocycles. The van der Waals surface area contributed by atoms with Crippen molar-refractivity contribution < 1.29 is 28.6 Å². The van der Waals surface area contributed by atoms with E-state index in [4.69, 9.17) is 14.2 Å². The van der Waals surface area contributed by atoms with Crippen LogP contribution in [0, 0.1) is 0 Å². The van der Waals surface area contributed by atoms with E-state index in [1.807, 2.05) is 20.8 Å². The van der Waals surface area contributed by atoms with Gasteiger partial charge in [-0.25, -0.2) is 9.69 Å². The Morgan fingerprint density at radius 1 is 1.12 bits per heavy atom. The molecule has 33 heavy (non-hydrogen) atoms. The zero-order valence-corrected chi connectivity index (χ0v) is 20.4. The standard InChI is InChI=1S/C24H25BrN2O6/c1-5-10-32-17-8-6-16(7-9-17)27-23(29)18(22(28)26-24(27)30)11-15-12-19(25)21(33-14(2)3)20(13-15)31-4/h6-9,11-14H,5,10H2,1-4H3,(H,26,28,30)/b18-11-. The van der Waals surface area contributed by atoms with Crippen LogP contribution in [0.3, 0.4) is 0 Å². The third-order valence-electron chi connectivity index (χ3n) is 4.59. The van der Waals surface area contributed by atoms with Gasteiger partial charge in [-0.1, -0.05) is 6.92 Å². The van der Waals surface area contributed by atoms with Crippen LogP contribution in [0.1, 0.15) is 32.8 Å². The van der Waals surface area contributed by atoms with Crippen molar-refractivity contribution >= 4 is 45.5 Å². The lowest BCUT2D eigenvalue weighted by Gasteiger charge is -2.26. The number of benzene rings is 2. The number of urea groups is 1. The maximum Gasteiger partial charge on any atom is 0.335 e.